The molecule has 0 bridgehead atoms. The lowest BCUT2D eigenvalue weighted by Gasteiger charge is -2.44. The van der Waals surface area contributed by atoms with E-state index in [0.717, 1.165) is 53.8 Å². The van der Waals surface area contributed by atoms with Crippen LogP contribution in [-0.2, 0) is 16.6 Å². The molecule has 0 spiro atoms. The Morgan fingerprint density at radius 2 is 1.97 bits per heavy atom. The average molecular weight is 422 g/mol. The number of hydrogen-bond acceptors (Lipinski definition) is 7. The molecule has 0 saturated carbocycles. The standard InChI is InChI=1S/C22H27N7O2/c1-22(12-31-13-22)20(26-21(30)14-3-5-23-6-4-14)18-8-15-7-17(19-11-29(2)28-27-19)24-9-16(15)10-25-18/h7-11,14,20,23H,3-6,12-13H2,1-2H3,(H,26,30). The van der Waals surface area contributed by atoms with Gasteiger partial charge < -0.3 is 15.4 Å². The fraction of sp³-hybridized carbons (Fsp3) is 0.500. The van der Waals surface area contributed by atoms with Crippen LogP contribution in [0.1, 0.15) is 31.5 Å². The van der Waals surface area contributed by atoms with Crippen molar-refractivity contribution in [2.45, 2.75) is 25.8 Å². The highest BCUT2D eigenvalue weighted by molar-refractivity contribution is 5.85. The summed E-state index contributed by atoms with van der Waals surface area (Å²) in [7, 11) is 1.83. The number of ether oxygens (including phenoxy) is 1. The van der Waals surface area contributed by atoms with Gasteiger partial charge in [-0.25, -0.2) is 0 Å². The number of nitrogens with one attached hydrogen (secondary N) is 2. The van der Waals surface area contributed by atoms with Crippen LogP contribution in [-0.4, -0.2) is 57.2 Å². The maximum Gasteiger partial charge on any atom is 0.223 e. The summed E-state index contributed by atoms with van der Waals surface area (Å²) in [6.07, 6.45) is 7.19. The Balaban J connectivity index is 1.47. The van der Waals surface area contributed by atoms with Crippen LogP contribution in [0.15, 0.2) is 30.7 Å². The van der Waals surface area contributed by atoms with Crippen LogP contribution >= 0.6 is 0 Å². The summed E-state index contributed by atoms with van der Waals surface area (Å²) >= 11 is 0. The molecular weight excluding hydrogens is 394 g/mol. The molecule has 5 rings (SSSR count). The number of pyridine rings is 2. The zero-order valence-corrected chi connectivity index (χ0v) is 17.8. The Hall–Kier alpha value is -2.91. The molecule has 2 saturated heterocycles. The van der Waals surface area contributed by atoms with Gasteiger partial charge >= 0.3 is 0 Å². The van der Waals surface area contributed by atoms with Crippen molar-refractivity contribution in [2.24, 2.45) is 18.4 Å². The topological polar surface area (TPSA) is 107 Å². The summed E-state index contributed by atoms with van der Waals surface area (Å²) < 4.78 is 7.17. The molecule has 1 atom stereocenters. The summed E-state index contributed by atoms with van der Waals surface area (Å²) in [6.45, 7) is 5.12. The van der Waals surface area contributed by atoms with Crippen molar-refractivity contribution in [2.75, 3.05) is 26.3 Å². The highest BCUT2D eigenvalue weighted by Gasteiger charge is 2.44. The van der Waals surface area contributed by atoms with Gasteiger partial charge in [-0.1, -0.05) is 12.1 Å². The van der Waals surface area contributed by atoms with Crippen molar-refractivity contribution in [3.63, 3.8) is 0 Å². The molecule has 31 heavy (non-hydrogen) atoms. The predicted molar refractivity (Wildman–Crippen MR) is 115 cm³/mol. The molecule has 3 aromatic rings. The van der Waals surface area contributed by atoms with E-state index in [9.17, 15) is 4.79 Å². The first-order valence-electron chi connectivity index (χ1n) is 10.7. The quantitative estimate of drug-likeness (QED) is 0.645. The number of aryl methyl sites for hydroxylation is 1. The van der Waals surface area contributed by atoms with Crippen LogP contribution in [0, 0.1) is 11.3 Å². The van der Waals surface area contributed by atoms with Crippen molar-refractivity contribution in [3.05, 3.63) is 36.4 Å². The Morgan fingerprint density at radius 1 is 1.19 bits per heavy atom. The van der Waals surface area contributed by atoms with E-state index in [1.807, 2.05) is 31.6 Å². The monoisotopic (exact) mass is 421 g/mol. The Labute approximate surface area is 180 Å². The van der Waals surface area contributed by atoms with Gasteiger partial charge in [-0.2, -0.15) is 0 Å². The van der Waals surface area contributed by atoms with Gasteiger partial charge in [-0.05, 0) is 43.5 Å². The lowest BCUT2D eigenvalue weighted by atomic mass is 9.78. The number of carbonyl (C=O) groups excluding carboxylic acids is 1. The highest BCUT2D eigenvalue weighted by Crippen LogP contribution is 2.40. The Morgan fingerprint density at radius 3 is 2.65 bits per heavy atom. The van der Waals surface area contributed by atoms with E-state index in [0.29, 0.717) is 13.2 Å². The molecule has 0 radical (unpaired) electrons. The van der Waals surface area contributed by atoms with E-state index in [1.54, 1.807) is 10.9 Å². The largest absolute Gasteiger partial charge is 0.380 e. The predicted octanol–water partition coefficient (Wildman–Crippen LogP) is 1.62. The number of fused-ring (bicyclic) bond motifs is 1. The zero-order valence-electron chi connectivity index (χ0n) is 17.8. The van der Waals surface area contributed by atoms with E-state index in [2.05, 4.69) is 32.9 Å². The Bertz CT molecular complexity index is 1100. The molecule has 0 aliphatic carbocycles. The molecule has 5 heterocycles. The van der Waals surface area contributed by atoms with E-state index >= 15 is 0 Å². The van der Waals surface area contributed by atoms with Gasteiger partial charge in [0.25, 0.3) is 0 Å². The molecule has 1 amide bonds. The van der Waals surface area contributed by atoms with Gasteiger partial charge in [-0.15, -0.1) is 5.10 Å². The molecule has 0 aromatic carbocycles. The van der Waals surface area contributed by atoms with Gasteiger partial charge in [-0.3, -0.25) is 19.4 Å². The number of amides is 1. The molecule has 9 heteroatoms. The highest BCUT2D eigenvalue weighted by atomic mass is 16.5. The Kier molecular flexibility index (Phi) is 5.15. The smallest absolute Gasteiger partial charge is 0.223 e. The van der Waals surface area contributed by atoms with Gasteiger partial charge in [0.1, 0.15) is 5.69 Å². The first kappa shape index (κ1) is 20.0. The summed E-state index contributed by atoms with van der Waals surface area (Å²) in [5, 5.41) is 16.7. The summed E-state index contributed by atoms with van der Waals surface area (Å²) in [4.78, 5) is 22.2. The van der Waals surface area contributed by atoms with Crippen molar-refractivity contribution < 1.29 is 9.53 Å². The van der Waals surface area contributed by atoms with E-state index < -0.39 is 0 Å². The van der Waals surface area contributed by atoms with Crippen molar-refractivity contribution >= 4 is 16.7 Å². The van der Waals surface area contributed by atoms with Crippen LogP contribution in [0.25, 0.3) is 22.2 Å². The third-order valence-corrected chi connectivity index (χ3v) is 6.34. The van der Waals surface area contributed by atoms with Crippen molar-refractivity contribution in [1.82, 2.24) is 35.6 Å². The second-order valence-electron chi connectivity index (χ2n) is 8.92. The van der Waals surface area contributed by atoms with E-state index in [4.69, 9.17) is 9.72 Å². The van der Waals surface area contributed by atoms with Gasteiger partial charge in [0.2, 0.25) is 5.91 Å². The second-order valence-corrected chi connectivity index (χ2v) is 8.92. The zero-order chi connectivity index (χ0) is 21.4. The normalized spacial score (nSPS) is 19.7. The molecular formula is C22H27N7O2. The molecule has 2 aliphatic rings. The third kappa shape index (κ3) is 3.90. The lowest BCUT2D eigenvalue weighted by Crippen LogP contribution is -2.52. The summed E-state index contributed by atoms with van der Waals surface area (Å²) in [5.41, 5.74) is 2.14. The third-order valence-electron chi connectivity index (χ3n) is 6.34. The van der Waals surface area contributed by atoms with Gasteiger partial charge in [0.15, 0.2) is 0 Å². The van der Waals surface area contributed by atoms with Crippen LogP contribution in [0.4, 0.5) is 0 Å². The van der Waals surface area contributed by atoms with Crippen LogP contribution in [0.2, 0.25) is 0 Å². The number of piperidine rings is 1. The average Bonchev–Trinajstić information content (AvgIpc) is 3.22. The first-order valence-corrected chi connectivity index (χ1v) is 10.7. The maximum atomic E-state index is 13.0. The minimum Gasteiger partial charge on any atom is -0.380 e. The minimum absolute atomic E-state index is 0.0428. The molecule has 2 fully saturated rings. The SMILES string of the molecule is Cn1cc(-c2cc3cc(C(NC(=O)C4CCNCC4)C4(C)COC4)ncc3cn2)nn1. The fourth-order valence-corrected chi connectivity index (χ4v) is 4.36. The first-order chi connectivity index (χ1) is 15.0. The number of hydrogen-bond donors (Lipinski definition) is 2. The molecule has 2 aliphatic heterocycles. The maximum absolute atomic E-state index is 13.0. The number of nitrogens with zero attached hydrogens (tertiary/aromatic N) is 5. The van der Waals surface area contributed by atoms with E-state index in [-0.39, 0.29) is 23.3 Å². The van der Waals surface area contributed by atoms with Gasteiger partial charge in [0, 0.05) is 36.2 Å². The van der Waals surface area contributed by atoms with Gasteiger partial charge in [0.05, 0.1) is 36.8 Å². The van der Waals surface area contributed by atoms with Crippen LogP contribution < -0.4 is 10.6 Å². The molecule has 162 valence electrons. The molecule has 9 nitrogen and oxygen atoms in total. The summed E-state index contributed by atoms with van der Waals surface area (Å²) in [6, 6.07) is 3.84. The number of rotatable bonds is 5. The minimum atomic E-state index is -0.207. The fourth-order valence-electron chi connectivity index (χ4n) is 4.36. The second kappa shape index (κ2) is 7.97. The lowest BCUT2D eigenvalue weighted by molar-refractivity contribution is -0.140. The molecule has 1 unspecified atom stereocenters. The van der Waals surface area contributed by atoms with Crippen LogP contribution in [0.5, 0.6) is 0 Å². The molecule has 3 aromatic heterocycles. The molecule has 2 N–H and O–H groups in total. The van der Waals surface area contributed by atoms with Crippen molar-refractivity contribution in [3.8, 4) is 11.4 Å². The summed E-state index contributed by atoms with van der Waals surface area (Å²) in [5.74, 6) is 0.151. The van der Waals surface area contributed by atoms with Crippen molar-refractivity contribution in [1.29, 1.82) is 0 Å². The van der Waals surface area contributed by atoms with E-state index in [1.165, 1.54) is 0 Å². The van der Waals surface area contributed by atoms with Crippen LogP contribution in [0.3, 0.4) is 0 Å². The number of carbonyl (C=O) groups is 1. The number of aromatic nitrogens is 5.